The van der Waals surface area contributed by atoms with Gasteiger partial charge in [0.25, 0.3) is 12.0 Å². The van der Waals surface area contributed by atoms with Crippen LogP contribution in [0.1, 0.15) is 24.4 Å². The van der Waals surface area contributed by atoms with E-state index in [0.717, 1.165) is 11.0 Å². The first kappa shape index (κ1) is 27.1. The number of fused-ring (bicyclic) bond motifs is 1. The summed E-state index contributed by atoms with van der Waals surface area (Å²) in [5, 5.41) is 9.27. The van der Waals surface area contributed by atoms with Crippen molar-refractivity contribution in [2.45, 2.75) is 31.9 Å². The van der Waals surface area contributed by atoms with Gasteiger partial charge >= 0.3 is 5.69 Å². The summed E-state index contributed by atoms with van der Waals surface area (Å²) < 4.78 is 44.0. The number of likely N-dealkylation sites (tertiary alicyclic amines) is 1. The first-order chi connectivity index (χ1) is 18.4. The molecule has 12 heteroatoms. The second-order valence-electron chi connectivity index (χ2n) is 8.85. The van der Waals surface area contributed by atoms with E-state index in [-0.39, 0.29) is 36.9 Å². The molecule has 10 nitrogen and oxygen atoms in total. The van der Waals surface area contributed by atoms with Gasteiger partial charge in [-0.05, 0) is 48.7 Å². The molecule has 3 aromatic rings. The number of piperidine rings is 1. The van der Waals surface area contributed by atoms with Gasteiger partial charge in [-0.15, -0.1) is 0 Å². The third-order valence-corrected chi connectivity index (χ3v) is 6.45. The lowest BCUT2D eigenvalue weighted by Gasteiger charge is -2.31. The van der Waals surface area contributed by atoms with Gasteiger partial charge in [0.1, 0.15) is 19.0 Å². The molecule has 1 fully saturated rings. The zero-order chi connectivity index (χ0) is 27.2. The highest BCUT2D eigenvalue weighted by atomic mass is 19.3. The number of carbonyl (C=O) groups excluding carboxylic acids is 1. The zero-order valence-corrected chi connectivity index (χ0v) is 20.8. The van der Waals surface area contributed by atoms with Crippen molar-refractivity contribution in [3.63, 3.8) is 0 Å². The van der Waals surface area contributed by atoms with Gasteiger partial charge in [0.15, 0.2) is 11.5 Å². The van der Waals surface area contributed by atoms with Crippen molar-refractivity contribution in [1.82, 2.24) is 14.0 Å². The second kappa shape index (κ2) is 12.1. The van der Waals surface area contributed by atoms with Crippen LogP contribution < -0.4 is 25.5 Å². The van der Waals surface area contributed by atoms with Crippen LogP contribution in [0.25, 0.3) is 10.9 Å². The molecule has 0 aliphatic carbocycles. The molecule has 0 spiro atoms. The number of aromatic nitrogens is 2. The molecule has 0 unspecified atom stereocenters. The maximum Gasteiger partial charge on any atom is 0.332 e. The fraction of sp³-hybridized carbons (Fsp3) is 0.423. The number of nitrogens with zero attached hydrogens (tertiary/aromatic N) is 3. The second-order valence-corrected chi connectivity index (χ2v) is 8.85. The summed E-state index contributed by atoms with van der Waals surface area (Å²) in [6, 6.07) is 9.04. The van der Waals surface area contributed by atoms with Crippen molar-refractivity contribution in [3.8, 4) is 17.2 Å². The topological polar surface area (TPSA) is 112 Å². The summed E-state index contributed by atoms with van der Waals surface area (Å²) in [5.41, 5.74) is -0.179. The molecule has 0 atom stereocenters. The van der Waals surface area contributed by atoms with E-state index >= 15 is 0 Å². The number of aliphatic hydroxyl groups excluding tert-OH is 1. The molecule has 1 saturated heterocycles. The van der Waals surface area contributed by atoms with E-state index in [1.54, 1.807) is 27.7 Å². The highest BCUT2D eigenvalue weighted by Gasteiger charge is 2.25. The molecule has 1 amide bonds. The maximum atomic E-state index is 13.8. The molecule has 0 radical (unpaired) electrons. The Bertz CT molecular complexity index is 1400. The molecule has 4 rings (SSSR count). The van der Waals surface area contributed by atoms with Gasteiger partial charge in [0.05, 0.1) is 31.2 Å². The SMILES string of the molecule is COc1ccc(Cn2c(=O)c3cc(OCC(F)F)ccc3n(C3CCN(C=O)CC3)c2=O)cc1OCCO. The average Bonchev–Trinajstić information content (AvgIpc) is 2.93. The predicted octanol–water partition coefficient (Wildman–Crippen LogP) is 2.03. The number of alkyl halides is 2. The smallest absolute Gasteiger partial charge is 0.332 e. The fourth-order valence-corrected chi connectivity index (χ4v) is 4.62. The van der Waals surface area contributed by atoms with E-state index in [2.05, 4.69) is 0 Å². The molecule has 204 valence electrons. The molecule has 1 aromatic heterocycles. The molecule has 2 aromatic carbocycles. The third kappa shape index (κ3) is 5.80. The van der Waals surface area contributed by atoms with Crippen molar-refractivity contribution < 1.29 is 32.9 Å². The number of hydrogen-bond acceptors (Lipinski definition) is 7. The van der Waals surface area contributed by atoms with Gasteiger partial charge in [-0.1, -0.05) is 6.07 Å². The highest BCUT2D eigenvalue weighted by Crippen LogP contribution is 2.29. The molecular weight excluding hydrogens is 504 g/mol. The minimum absolute atomic E-state index is 0.0312. The number of amides is 1. The first-order valence-corrected chi connectivity index (χ1v) is 12.2. The van der Waals surface area contributed by atoms with E-state index in [4.69, 9.17) is 19.3 Å². The highest BCUT2D eigenvalue weighted by molar-refractivity contribution is 5.80. The van der Waals surface area contributed by atoms with E-state index in [1.807, 2.05) is 0 Å². The number of rotatable bonds is 11. The van der Waals surface area contributed by atoms with Crippen LogP contribution in [0.4, 0.5) is 8.78 Å². The number of aliphatic hydroxyl groups is 1. The average molecular weight is 534 g/mol. The quantitative estimate of drug-likeness (QED) is 0.376. The molecule has 2 heterocycles. The number of benzene rings is 2. The summed E-state index contributed by atoms with van der Waals surface area (Å²) in [7, 11) is 1.47. The Morgan fingerprint density at radius 1 is 1.08 bits per heavy atom. The van der Waals surface area contributed by atoms with Crippen LogP contribution in [0.5, 0.6) is 17.2 Å². The summed E-state index contributed by atoms with van der Waals surface area (Å²) in [5.74, 6) is 0.858. The van der Waals surface area contributed by atoms with Crippen LogP contribution >= 0.6 is 0 Å². The molecule has 0 saturated carbocycles. The van der Waals surface area contributed by atoms with E-state index in [1.165, 1.54) is 25.3 Å². The van der Waals surface area contributed by atoms with E-state index in [0.29, 0.717) is 48.5 Å². The lowest BCUT2D eigenvalue weighted by molar-refractivity contribution is -0.119. The minimum atomic E-state index is -2.68. The Labute approximate surface area is 216 Å². The van der Waals surface area contributed by atoms with Crippen LogP contribution in [0.15, 0.2) is 46.0 Å². The molecule has 38 heavy (non-hydrogen) atoms. The maximum absolute atomic E-state index is 13.8. The third-order valence-electron chi connectivity index (χ3n) is 6.45. The number of carbonyl (C=O) groups is 1. The minimum Gasteiger partial charge on any atom is -0.493 e. The van der Waals surface area contributed by atoms with Crippen molar-refractivity contribution in [1.29, 1.82) is 0 Å². The van der Waals surface area contributed by atoms with E-state index < -0.39 is 24.3 Å². The molecule has 0 bridgehead atoms. The van der Waals surface area contributed by atoms with Gasteiger partial charge in [-0.25, -0.2) is 13.6 Å². The van der Waals surface area contributed by atoms with Crippen molar-refractivity contribution >= 4 is 17.3 Å². The van der Waals surface area contributed by atoms with Crippen LogP contribution in [-0.4, -0.2) is 72.0 Å². The van der Waals surface area contributed by atoms with Crippen molar-refractivity contribution in [2.75, 3.05) is 40.0 Å². The standard InChI is InChI=1S/C26H29F2N3O7/c1-36-22-5-2-17(12-23(22)37-11-10-32)14-30-25(34)20-13-19(38-15-24(27)28)3-4-21(20)31(26(30)35)18-6-8-29(16-33)9-7-18/h2-5,12-13,16,18,24,32H,6-11,14-15H2,1H3. The zero-order valence-electron chi connectivity index (χ0n) is 20.8. The monoisotopic (exact) mass is 533 g/mol. The number of hydrogen-bond donors (Lipinski definition) is 1. The largest absolute Gasteiger partial charge is 0.493 e. The number of ether oxygens (including phenoxy) is 3. The van der Waals surface area contributed by atoms with Crippen LogP contribution in [0.2, 0.25) is 0 Å². The van der Waals surface area contributed by atoms with Gasteiger partial charge in [-0.2, -0.15) is 0 Å². The summed E-state index contributed by atoms with van der Waals surface area (Å²) in [6.45, 7) is -0.180. The summed E-state index contributed by atoms with van der Waals surface area (Å²) in [6.07, 6.45) is -0.893. The molecular formula is C26H29F2N3O7. The van der Waals surface area contributed by atoms with Crippen LogP contribution in [0, 0.1) is 0 Å². The summed E-state index contributed by atoms with van der Waals surface area (Å²) >= 11 is 0. The Morgan fingerprint density at radius 3 is 2.50 bits per heavy atom. The van der Waals surface area contributed by atoms with Crippen molar-refractivity contribution in [2.24, 2.45) is 0 Å². The summed E-state index contributed by atoms with van der Waals surface area (Å²) in [4.78, 5) is 40.1. The number of halogens is 2. The molecule has 1 aliphatic rings. The van der Waals surface area contributed by atoms with Gasteiger partial charge < -0.3 is 24.2 Å². The predicted molar refractivity (Wildman–Crippen MR) is 135 cm³/mol. The van der Waals surface area contributed by atoms with E-state index in [9.17, 15) is 23.2 Å². The Morgan fingerprint density at radius 2 is 1.84 bits per heavy atom. The van der Waals surface area contributed by atoms with Crippen LogP contribution in [-0.2, 0) is 11.3 Å². The van der Waals surface area contributed by atoms with Gasteiger partial charge in [-0.3, -0.25) is 18.7 Å². The number of methoxy groups -OCH3 is 1. The fourth-order valence-electron chi connectivity index (χ4n) is 4.62. The lowest BCUT2D eigenvalue weighted by atomic mass is 10.0. The molecule has 1 N–H and O–H groups in total. The van der Waals surface area contributed by atoms with Crippen LogP contribution in [0.3, 0.4) is 0 Å². The van der Waals surface area contributed by atoms with Gasteiger partial charge in [0, 0.05) is 19.1 Å². The van der Waals surface area contributed by atoms with Crippen molar-refractivity contribution in [3.05, 3.63) is 62.8 Å². The lowest BCUT2D eigenvalue weighted by Crippen LogP contribution is -2.44. The molecule has 1 aliphatic heterocycles. The van der Waals surface area contributed by atoms with Gasteiger partial charge in [0.2, 0.25) is 6.41 Å². The Balaban J connectivity index is 1.82. The Hall–Kier alpha value is -3.93. The first-order valence-electron chi connectivity index (χ1n) is 12.2. The normalized spacial score (nSPS) is 14.2. The Kier molecular flexibility index (Phi) is 8.62.